The van der Waals surface area contributed by atoms with E-state index in [0.29, 0.717) is 23.4 Å². The maximum absolute atomic E-state index is 12.5. The first-order valence-corrected chi connectivity index (χ1v) is 8.33. The van der Waals surface area contributed by atoms with Crippen LogP contribution in [0.4, 0.5) is 0 Å². The minimum atomic E-state index is -0.507. The van der Waals surface area contributed by atoms with Crippen LogP contribution in [0.15, 0.2) is 28.7 Å². The van der Waals surface area contributed by atoms with Crippen LogP contribution in [0.5, 0.6) is 5.88 Å². The van der Waals surface area contributed by atoms with Crippen LogP contribution in [-0.2, 0) is 4.74 Å². The van der Waals surface area contributed by atoms with Gasteiger partial charge in [-0.25, -0.2) is 9.78 Å². The molecule has 2 rings (SSSR count). The summed E-state index contributed by atoms with van der Waals surface area (Å²) in [7, 11) is 0. The summed E-state index contributed by atoms with van der Waals surface area (Å²) in [6.45, 7) is 5.86. The minimum Gasteiger partial charge on any atom is -0.477 e. The third kappa shape index (κ3) is 3.41. The SMILES string of the molecule is CCOC(=O)c1c(C)nc(OCC)c(C#N)c1-c1ccccc1Br. The monoisotopic (exact) mass is 388 g/mol. The van der Waals surface area contributed by atoms with E-state index in [1.165, 1.54) is 0 Å². The van der Waals surface area contributed by atoms with Crippen molar-refractivity contribution in [2.75, 3.05) is 13.2 Å². The Morgan fingerprint density at radius 2 is 2.00 bits per heavy atom. The summed E-state index contributed by atoms with van der Waals surface area (Å²) in [5, 5.41) is 9.67. The number of carbonyl (C=O) groups excluding carboxylic acids is 1. The van der Waals surface area contributed by atoms with Crippen LogP contribution in [0.1, 0.15) is 35.5 Å². The molecule has 124 valence electrons. The van der Waals surface area contributed by atoms with Gasteiger partial charge in [-0.05, 0) is 32.4 Å². The Balaban J connectivity index is 2.88. The second-order valence-corrected chi connectivity index (χ2v) is 5.73. The number of esters is 1. The van der Waals surface area contributed by atoms with Crippen molar-refractivity contribution in [3.05, 3.63) is 45.6 Å². The quantitative estimate of drug-likeness (QED) is 0.715. The zero-order valence-electron chi connectivity index (χ0n) is 13.7. The number of ether oxygens (including phenoxy) is 2. The number of hydrogen-bond donors (Lipinski definition) is 0. The molecule has 0 fully saturated rings. The van der Waals surface area contributed by atoms with Crippen LogP contribution in [0, 0.1) is 18.3 Å². The van der Waals surface area contributed by atoms with E-state index in [4.69, 9.17) is 9.47 Å². The fourth-order valence-electron chi connectivity index (χ4n) is 2.41. The molecule has 5 nitrogen and oxygen atoms in total. The molecule has 1 heterocycles. The molecule has 6 heteroatoms. The van der Waals surface area contributed by atoms with Gasteiger partial charge in [0.15, 0.2) is 0 Å². The van der Waals surface area contributed by atoms with Crippen LogP contribution in [0.25, 0.3) is 11.1 Å². The van der Waals surface area contributed by atoms with Crippen molar-refractivity contribution in [3.63, 3.8) is 0 Å². The maximum Gasteiger partial charge on any atom is 0.340 e. The molecule has 0 aliphatic rings. The predicted octanol–water partition coefficient (Wildman–Crippen LogP) is 4.27. The first kappa shape index (κ1) is 18.0. The van der Waals surface area contributed by atoms with Crippen molar-refractivity contribution in [1.82, 2.24) is 4.98 Å². The summed E-state index contributed by atoms with van der Waals surface area (Å²) in [6, 6.07) is 9.51. The number of hydrogen-bond acceptors (Lipinski definition) is 5. The molecule has 0 spiro atoms. The average Bonchev–Trinajstić information content (AvgIpc) is 2.55. The average molecular weight is 389 g/mol. The molecule has 0 N–H and O–H groups in total. The van der Waals surface area contributed by atoms with Crippen LogP contribution in [0.2, 0.25) is 0 Å². The van der Waals surface area contributed by atoms with E-state index in [2.05, 4.69) is 27.0 Å². The second kappa shape index (κ2) is 7.93. The summed E-state index contributed by atoms with van der Waals surface area (Å²) in [4.78, 5) is 16.8. The first-order chi connectivity index (χ1) is 11.5. The molecule has 24 heavy (non-hydrogen) atoms. The number of nitriles is 1. The normalized spacial score (nSPS) is 10.1. The number of rotatable bonds is 5. The number of aryl methyl sites for hydroxylation is 1. The van der Waals surface area contributed by atoms with E-state index < -0.39 is 5.97 Å². The third-order valence-electron chi connectivity index (χ3n) is 3.36. The van der Waals surface area contributed by atoms with Crippen LogP contribution in [-0.4, -0.2) is 24.2 Å². The standard InChI is InChI=1S/C18H17BrN2O3/c1-4-23-17-13(10-20)16(12-8-6-7-9-14(12)19)15(11(3)21-17)18(22)24-5-2/h6-9H,4-5H2,1-3H3. The summed E-state index contributed by atoms with van der Waals surface area (Å²) in [6.07, 6.45) is 0. The van der Waals surface area contributed by atoms with Gasteiger partial charge >= 0.3 is 5.97 Å². The molecular weight excluding hydrogens is 372 g/mol. The first-order valence-electron chi connectivity index (χ1n) is 7.54. The Morgan fingerprint density at radius 1 is 1.29 bits per heavy atom. The molecule has 0 radical (unpaired) electrons. The second-order valence-electron chi connectivity index (χ2n) is 4.87. The fourth-order valence-corrected chi connectivity index (χ4v) is 2.89. The molecule has 1 aromatic heterocycles. The van der Waals surface area contributed by atoms with Gasteiger partial charge in [0, 0.05) is 10.0 Å². The fraction of sp³-hybridized carbons (Fsp3) is 0.278. The largest absolute Gasteiger partial charge is 0.477 e. The summed E-state index contributed by atoms with van der Waals surface area (Å²) in [5.41, 5.74) is 2.14. The van der Waals surface area contributed by atoms with Crippen molar-refractivity contribution in [1.29, 1.82) is 5.26 Å². The highest BCUT2D eigenvalue weighted by Gasteiger charge is 2.26. The number of aromatic nitrogens is 1. The Bertz CT molecular complexity index is 813. The van der Waals surface area contributed by atoms with E-state index in [1.54, 1.807) is 13.8 Å². The third-order valence-corrected chi connectivity index (χ3v) is 4.05. The van der Waals surface area contributed by atoms with E-state index in [1.807, 2.05) is 31.2 Å². The topological polar surface area (TPSA) is 72.2 Å². The molecule has 0 aliphatic carbocycles. The Labute approximate surface area is 149 Å². The van der Waals surface area contributed by atoms with Crippen molar-refractivity contribution in [3.8, 4) is 23.1 Å². The van der Waals surface area contributed by atoms with Gasteiger partial charge in [-0.3, -0.25) is 0 Å². The van der Waals surface area contributed by atoms with Crippen LogP contribution < -0.4 is 4.74 Å². The lowest BCUT2D eigenvalue weighted by Crippen LogP contribution is -2.13. The summed E-state index contributed by atoms with van der Waals surface area (Å²) < 4.78 is 11.4. The number of benzene rings is 1. The molecule has 0 aliphatic heterocycles. The van der Waals surface area contributed by atoms with Gasteiger partial charge in [0.05, 0.1) is 24.5 Å². The highest BCUT2D eigenvalue weighted by molar-refractivity contribution is 9.10. The maximum atomic E-state index is 12.5. The highest BCUT2D eigenvalue weighted by Crippen LogP contribution is 2.38. The lowest BCUT2D eigenvalue weighted by atomic mass is 9.94. The summed E-state index contributed by atoms with van der Waals surface area (Å²) >= 11 is 3.48. The molecule has 0 saturated heterocycles. The van der Waals surface area contributed by atoms with Gasteiger partial charge in [0.2, 0.25) is 5.88 Å². The molecule has 2 aromatic rings. The van der Waals surface area contributed by atoms with Crippen molar-refractivity contribution < 1.29 is 14.3 Å². The lowest BCUT2D eigenvalue weighted by molar-refractivity contribution is 0.0525. The minimum absolute atomic E-state index is 0.219. The summed E-state index contributed by atoms with van der Waals surface area (Å²) in [5.74, 6) is -0.288. The van der Waals surface area contributed by atoms with Gasteiger partial charge in [0.25, 0.3) is 0 Å². The Kier molecular flexibility index (Phi) is 5.93. The van der Waals surface area contributed by atoms with Gasteiger partial charge in [-0.15, -0.1) is 0 Å². The number of halogens is 1. The number of pyridine rings is 1. The molecular formula is C18H17BrN2O3. The van der Waals surface area contributed by atoms with Crippen LogP contribution in [0.3, 0.4) is 0 Å². The highest BCUT2D eigenvalue weighted by atomic mass is 79.9. The van der Waals surface area contributed by atoms with Gasteiger partial charge in [-0.1, -0.05) is 34.1 Å². The Hall–Kier alpha value is -2.39. The number of nitrogens with zero attached hydrogens (tertiary/aromatic N) is 2. The molecule has 1 aromatic carbocycles. The molecule has 0 saturated carbocycles. The molecule has 0 atom stereocenters. The van der Waals surface area contributed by atoms with E-state index in [9.17, 15) is 10.1 Å². The van der Waals surface area contributed by atoms with Crippen molar-refractivity contribution >= 4 is 21.9 Å². The number of carbonyl (C=O) groups is 1. The lowest BCUT2D eigenvalue weighted by Gasteiger charge is -2.17. The molecule has 0 amide bonds. The van der Waals surface area contributed by atoms with E-state index in [-0.39, 0.29) is 23.6 Å². The van der Waals surface area contributed by atoms with Crippen molar-refractivity contribution in [2.24, 2.45) is 0 Å². The van der Waals surface area contributed by atoms with Gasteiger partial charge in [0.1, 0.15) is 11.6 Å². The van der Waals surface area contributed by atoms with E-state index >= 15 is 0 Å². The molecule has 0 unspecified atom stereocenters. The van der Waals surface area contributed by atoms with Crippen molar-refractivity contribution in [2.45, 2.75) is 20.8 Å². The Morgan fingerprint density at radius 3 is 2.58 bits per heavy atom. The van der Waals surface area contributed by atoms with Gasteiger partial charge < -0.3 is 9.47 Å². The van der Waals surface area contributed by atoms with Crippen LogP contribution >= 0.6 is 15.9 Å². The zero-order valence-corrected chi connectivity index (χ0v) is 15.3. The zero-order chi connectivity index (χ0) is 17.7. The van der Waals surface area contributed by atoms with Gasteiger partial charge in [-0.2, -0.15) is 5.26 Å². The van der Waals surface area contributed by atoms with E-state index in [0.717, 1.165) is 4.47 Å². The smallest absolute Gasteiger partial charge is 0.340 e. The predicted molar refractivity (Wildman–Crippen MR) is 94.0 cm³/mol. The molecule has 0 bridgehead atoms.